The largest absolute Gasteiger partial charge is 0.421 e. The monoisotopic (exact) mass is 332 g/mol. The van der Waals surface area contributed by atoms with Crippen LogP contribution < -0.4 is 5.56 Å². The van der Waals surface area contributed by atoms with E-state index in [4.69, 9.17) is 4.74 Å². The highest BCUT2D eigenvalue weighted by Crippen LogP contribution is 2.26. The molecule has 1 atom stereocenters. The molecule has 5 nitrogen and oxygen atoms in total. The van der Waals surface area contributed by atoms with Crippen molar-refractivity contribution >= 4 is 5.91 Å². The Morgan fingerprint density at radius 3 is 2.78 bits per heavy atom. The van der Waals surface area contributed by atoms with E-state index in [1.165, 1.54) is 13.3 Å². The summed E-state index contributed by atoms with van der Waals surface area (Å²) < 4.78 is 44.2. The summed E-state index contributed by atoms with van der Waals surface area (Å²) in [6.07, 6.45) is -0.931. The van der Waals surface area contributed by atoms with Gasteiger partial charge in [-0.25, -0.2) is 0 Å². The van der Waals surface area contributed by atoms with Crippen LogP contribution in [0.5, 0.6) is 0 Å². The Bertz CT molecular complexity index is 611. The highest BCUT2D eigenvalue weighted by molar-refractivity contribution is 5.76. The zero-order chi connectivity index (χ0) is 17.0. The molecule has 8 heteroatoms. The van der Waals surface area contributed by atoms with Crippen LogP contribution >= 0.6 is 0 Å². The lowest BCUT2D eigenvalue weighted by molar-refractivity contribution is -0.140. The van der Waals surface area contributed by atoms with Crippen LogP contribution in [0.25, 0.3) is 0 Å². The third-order valence-electron chi connectivity index (χ3n) is 3.94. The number of likely N-dealkylation sites (tertiary alicyclic amines) is 1. The zero-order valence-corrected chi connectivity index (χ0v) is 12.8. The molecule has 0 aliphatic carbocycles. The van der Waals surface area contributed by atoms with Gasteiger partial charge in [-0.15, -0.1) is 0 Å². The number of hydrogen-bond donors (Lipinski definition) is 0. The number of aromatic nitrogens is 1. The average molecular weight is 332 g/mol. The molecule has 2 rings (SSSR count). The minimum atomic E-state index is -4.73. The summed E-state index contributed by atoms with van der Waals surface area (Å²) in [5, 5.41) is 0. The topological polar surface area (TPSA) is 51.5 Å². The molecule has 1 aromatic rings. The third kappa shape index (κ3) is 4.13. The van der Waals surface area contributed by atoms with Gasteiger partial charge in [0.05, 0.1) is 12.6 Å². The number of nitrogens with zero attached hydrogens (tertiary/aromatic N) is 2. The lowest BCUT2D eigenvalue weighted by atomic mass is 10.0. The fourth-order valence-electron chi connectivity index (χ4n) is 2.81. The summed E-state index contributed by atoms with van der Waals surface area (Å²) in [5.41, 5.74) is -2.46. The van der Waals surface area contributed by atoms with Crippen molar-refractivity contribution in [3.05, 3.63) is 34.2 Å². The summed E-state index contributed by atoms with van der Waals surface area (Å²) in [6, 6.07) is 1.75. The minimum Gasteiger partial charge on any atom is -0.383 e. The molecule has 0 N–H and O–H groups in total. The smallest absolute Gasteiger partial charge is 0.383 e. The lowest BCUT2D eigenvalue weighted by Gasteiger charge is -2.35. The van der Waals surface area contributed by atoms with Crippen LogP contribution in [0.4, 0.5) is 13.2 Å². The van der Waals surface area contributed by atoms with Crippen LogP contribution in [0.15, 0.2) is 23.1 Å². The average Bonchev–Trinajstić information content (AvgIpc) is 2.49. The lowest BCUT2D eigenvalue weighted by Crippen LogP contribution is -2.48. The first-order valence-electron chi connectivity index (χ1n) is 7.39. The predicted molar refractivity (Wildman–Crippen MR) is 76.9 cm³/mol. The van der Waals surface area contributed by atoms with E-state index in [1.807, 2.05) is 0 Å². The van der Waals surface area contributed by atoms with Crippen molar-refractivity contribution in [1.29, 1.82) is 0 Å². The highest BCUT2D eigenvalue weighted by Gasteiger charge is 2.34. The Labute approximate surface area is 131 Å². The van der Waals surface area contributed by atoms with E-state index in [-0.39, 0.29) is 11.9 Å². The van der Waals surface area contributed by atoms with Crippen molar-refractivity contribution in [3.8, 4) is 0 Å². The Morgan fingerprint density at radius 2 is 2.13 bits per heavy atom. The van der Waals surface area contributed by atoms with Gasteiger partial charge >= 0.3 is 6.18 Å². The van der Waals surface area contributed by atoms with E-state index in [0.717, 1.165) is 36.0 Å². The van der Waals surface area contributed by atoms with Crippen LogP contribution in [0.2, 0.25) is 0 Å². The van der Waals surface area contributed by atoms with Crippen LogP contribution in [-0.4, -0.2) is 41.7 Å². The summed E-state index contributed by atoms with van der Waals surface area (Å²) in [5.74, 6) is -0.367. The fourth-order valence-corrected chi connectivity index (χ4v) is 2.81. The van der Waals surface area contributed by atoms with Crippen molar-refractivity contribution < 1.29 is 22.7 Å². The number of pyridine rings is 1. The van der Waals surface area contributed by atoms with Crippen molar-refractivity contribution in [1.82, 2.24) is 9.47 Å². The molecule has 23 heavy (non-hydrogen) atoms. The number of alkyl halides is 3. The van der Waals surface area contributed by atoms with Gasteiger partial charge in [0.15, 0.2) is 0 Å². The summed E-state index contributed by atoms with van der Waals surface area (Å²) in [6.45, 7) is 0.507. The molecule has 0 bridgehead atoms. The van der Waals surface area contributed by atoms with Crippen molar-refractivity contribution in [3.63, 3.8) is 0 Å². The zero-order valence-electron chi connectivity index (χ0n) is 12.8. The second-order valence-corrected chi connectivity index (χ2v) is 5.54. The standard InChI is InChI=1S/C15H19F3N2O3/c1-23-10-11-5-2-3-8-20(11)13(21)9-19-7-4-6-12(14(19)22)15(16,17)18/h4,6-7,11H,2-3,5,8-10H2,1H3/t11-/m0/s1. The first-order chi connectivity index (χ1) is 10.8. The quantitative estimate of drug-likeness (QED) is 0.846. The molecule has 1 amide bonds. The number of ether oxygens (including phenoxy) is 1. The first-order valence-corrected chi connectivity index (χ1v) is 7.39. The van der Waals surface area contributed by atoms with E-state index < -0.39 is 23.8 Å². The second-order valence-electron chi connectivity index (χ2n) is 5.54. The summed E-state index contributed by atoms with van der Waals surface area (Å²) in [7, 11) is 1.54. The van der Waals surface area contributed by atoms with Crippen LogP contribution in [-0.2, 0) is 22.3 Å². The maximum absolute atomic E-state index is 12.8. The third-order valence-corrected chi connectivity index (χ3v) is 3.94. The normalized spacial score (nSPS) is 19.0. The molecule has 1 aliphatic heterocycles. The molecule has 1 fully saturated rings. The number of rotatable bonds is 4. The molecule has 1 aliphatic rings. The van der Waals surface area contributed by atoms with E-state index in [2.05, 4.69) is 0 Å². The molecule has 0 saturated carbocycles. The molecule has 2 heterocycles. The minimum absolute atomic E-state index is 0.0947. The number of piperidine rings is 1. The van der Waals surface area contributed by atoms with Crippen LogP contribution in [0.3, 0.4) is 0 Å². The van der Waals surface area contributed by atoms with Crippen molar-refractivity contribution in [2.24, 2.45) is 0 Å². The van der Waals surface area contributed by atoms with E-state index in [0.29, 0.717) is 13.2 Å². The van der Waals surface area contributed by atoms with Gasteiger partial charge in [-0.3, -0.25) is 9.59 Å². The Hall–Kier alpha value is -1.83. The maximum Gasteiger partial charge on any atom is 0.421 e. The Morgan fingerprint density at radius 1 is 1.39 bits per heavy atom. The van der Waals surface area contributed by atoms with E-state index in [9.17, 15) is 22.8 Å². The molecule has 0 unspecified atom stereocenters. The molecule has 0 radical (unpaired) electrons. The second kappa shape index (κ2) is 7.16. The maximum atomic E-state index is 12.8. The van der Waals surface area contributed by atoms with Gasteiger partial charge in [-0.2, -0.15) is 13.2 Å². The first kappa shape index (κ1) is 17.5. The van der Waals surface area contributed by atoms with Gasteiger partial charge in [-0.1, -0.05) is 0 Å². The number of halogens is 3. The number of hydrogen-bond acceptors (Lipinski definition) is 3. The molecule has 1 saturated heterocycles. The molecule has 128 valence electrons. The number of methoxy groups -OCH3 is 1. The SMILES string of the molecule is COC[C@@H]1CCCCN1C(=O)Cn1cccc(C(F)(F)F)c1=O. The molecular formula is C15H19F3N2O3. The summed E-state index contributed by atoms with van der Waals surface area (Å²) in [4.78, 5) is 25.9. The molecule has 1 aromatic heterocycles. The Kier molecular flexibility index (Phi) is 5.46. The van der Waals surface area contributed by atoms with Gasteiger partial charge in [0.2, 0.25) is 5.91 Å². The van der Waals surface area contributed by atoms with Crippen LogP contribution in [0, 0.1) is 0 Å². The van der Waals surface area contributed by atoms with Gasteiger partial charge in [0.25, 0.3) is 5.56 Å². The van der Waals surface area contributed by atoms with Crippen molar-refractivity contribution in [2.75, 3.05) is 20.3 Å². The van der Waals surface area contributed by atoms with Crippen LogP contribution in [0.1, 0.15) is 24.8 Å². The van der Waals surface area contributed by atoms with E-state index in [1.54, 1.807) is 4.90 Å². The molecular weight excluding hydrogens is 313 g/mol. The van der Waals surface area contributed by atoms with E-state index >= 15 is 0 Å². The van der Waals surface area contributed by atoms with Gasteiger partial charge in [-0.05, 0) is 31.4 Å². The fraction of sp³-hybridized carbons (Fsp3) is 0.600. The molecule has 0 aromatic carbocycles. The van der Waals surface area contributed by atoms with Gasteiger partial charge < -0.3 is 14.2 Å². The van der Waals surface area contributed by atoms with Gasteiger partial charge in [0, 0.05) is 19.9 Å². The van der Waals surface area contributed by atoms with Crippen molar-refractivity contribution in [2.45, 2.75) is 38.0 Å². The van der Waals surface area contributed by atoms with Gasteiger partial charge in [0.1, 0.15) is 12.1 Å². The number of carbonyl (C=O) groups excluding carboxylic acids is 1. The predicted octanol–water partition coefficient (Wildman–Crippen LogP) is 1.89. The Balaban J connectivity index is 2.18. The number of carbonyl (C=O) groups is 1. The number of amides is 1. The highest BCUT2D eigenvalue weighted by atomic mass is 19.4. The molecule has 0 spiro atoms. The summed E-state index contributed by atoms with van der Waals surface area (Å²) >= 11 is 0.